The van der Waals surface area contributed by atoms with Crippen molar-refractivity contribution in [2.75, 3.05) is 13.1 Å². The average Bonchev–Trinajstić information content (AvgIpc) is 2.85. The Hall–Kier alpha value is -2.09. The number of sulfonamides is 1. The van der Waals surface area contributed by atoms with Crippen LogP contribution >= 0.6 is 11.6 Å². The number of carbonyl (C=O) groups excluding carboxylic acids is 1. The van der Waals surface area contributed by atoms with Crippen molar-refractivity contribution in [3.63, 3.8) is 0 Å². The monoisotopic (exact) mass is 504 g/mol. The van der Waals surface area contributed by atoms with E-state index in [-0.39, 0.29) is 29.2 Å². The van der Waals surface area contributed by atoms with E-state index in [2.05, 4.69) is 19.2 Å². The molecule has 1 atom stereocenters. The molecule has 0 aliphatic carbocycles. The Labute approximate surface area is 207 Å². The van der Waals surface area contributed by atoms with E-state index in [4.69, 9.17) is 16.3 Å². The molecule has 6 nitrogen and oxygen atoms in total. The lowest BCUT2D eigenvalue weighted by atomic mass is 9.83. The number of piperidine rings is 1. The van der Waals surface area contributed by atoms with Gasteiger partial charge in [0.25, 0.3) is 0 Å². The SMILES string of the molecule is CCC1(CC)C[C@H](NC(=O)C2CCN(S(=O)(=O)Cc3ccccc3Cl)CC2)c2ccccc2O1. The van der Waals surface area contributed by atoms with Gasteiger partial charge in [-0.2, -0.15) is 0 Å². The van der Waals surface area contributed by atoms with E-state index in [0.29, 0.717) is 36.5 Å². The van der Waals surface area contributed by atoms with Gasteiger partial charge in [0.05, 0.1) is 11.8 Å². The fourth-order valence-electron chi connectivity index (χ4n) is 5.02. The standard InChI is InChI=1S/C26H33ClN2O4S/c1-3-26(4-2)17-23(21-10-6-8-12-24(21)33-26)28-25(30)19-13-15-29(16-14-19)34(31,32)18-20-9-5-7-11-22(20)27/h5-12,19,23H,3-4,13-18H2,1-2H3,(H,28,30)/t23-/m0/s1. The van der Waals surface area contributed by atoms with Crippen LogP contribution in [0.25, 0.3) is 0 Å². The van der Waals surface area contributed by atoms with Crippen molar-refractivity contribution < 1.29 is 17.9 Å². The van der Waals surface area contributed by atoms with Crippen molar-refractivity contribution in [3.8, 4) is 5.75 Å². The number of ether oxygens (including phenoxy) is 1. The Morgan fingerprint density at radius 3 is 2.41 bits per heavy atom. The van der Waals surface area contributed by atoms with E-state index in [1.54, 1.807) is 24.3 Å². The third kappa shape index (κ3) is 5.26. The first kappa shape index (κ1) is 25.0. The van der Waals surface area contributed by atoms with Gasteiger partial charge < -0.3 is 10.1 Å². The lowest BCUT2D eigenvalue weighted by Gasteiger charge is -2.42. The lowest BCUT2D eigenvalue weighted by molar-refractivity contribution is -0.127. The Bertz CT molecular complexity index is 1130. The van der Waals surface area contributed by atoms with Gasteiger partial charge in [0.15, 0.2) is 0 Å². The number of nitrogens with one attached hydrogen (secondary N) is 1. The zero-order valence-electron chi connectivity index (χ0n) is 19.8. The molecule has 1 fully saturated rings. The van der Waals surface area contributed by atoms with E-state index in [0.717, 1.165) is 30.6 Å². The van der Waals surface area contributed by atoms with Crippen LogP contribution in [-0.2, 0) is 20.6 Å². The summed E-state index contributed by atoms with van der Waals surface area (Å²) in [4.78, 5) is 13.2. The number of halogens is 1. The number of benzene rings is 2. The maximum absolute atomic E-state index is 13.2. The first-order chi connectivity index (χ1) is 16.3. The minimum atomic E-state index is -3.50. The molecule has 0 saturated carbocycles. The lowest BCUT2D eigenvalue weighted by Crippen LogP contribution is -2.47. The first-order valence-electron chi connectivity index (χ1n) is 12.1. The molecule has 2 aliphatic heterocycles. The molecule has 1 saturated heterocycles. The van der Waals surface area contributed by atoms with Gasteiger partial charge in [0, 0.05) is 36.0 Å². The van der Waals surface area contributed by atoms with Crippen LogP contribution in [0, 0.1) is 5.92 Å². The summed E-state index contributed by atoms with van der Waals surface area (Å²) in [5.74, 6) is 0.493. The first-order valence-corrected chi connectivity index (χ1v) is 14.0. The topological polar surface area (TPSA) is 75.7 Å². The quantitative estimate of drug-likeness (QED) is 0.570. The fraction of sp³-hybridized carbons (Fsp3) is 0.500. The summed E-state index contributed by atoms with van der Waals surface area (Å²) >= 11 is 6.16. The second-order valence-electron chi connectivity index (χ2n) is 9.32. The van der Waals surface area contributed by atoms with Gasteiger partial charge in [-0.3, -0.25) is 4.79 Å². The van der Waals surface area contributed by atoms with Gasteiger partial charge in [0.1, 0.15) is 11.4 Å². The second-order valence-corrected chi connectivity index (χ2v) is 11.7. The minimum Gasteiger partial charge on any atom is -0.487 e. The summed E-state index contributed by atoms with van der Waals surface area (Å²) in [6, 6.07) is 14.8. The maximum Gasteiger partial charge on any atom is 0.223 e. The molecule has 0 unspecified atom stereocenters. The molecule has 1 N–H and O–H groups in total. The molecule has 184 valence electrons. The van der Waals surface area contributed by atoms with Gasteiger partial charge >= 0.3 is 0 Å². The largest absolute Gasteiger partial charge is 0.487 e. The van der Waals surface area contributed by atoms with Crippen molar-refractivity contribution in [3.05, 3.63) is 64.7 Å². The van der Waals surface area contributed by atoms with E-state index in [1.807, 2.05) is 24.3 Å². The van der Waals surface area contributed by atoms with Crippen molar-refractivity contribution in [1.82, 2.24) is 9.62 Å². The number of nitrogens with zero attached hydrogens (tertiary/aromatic N) is 1. The highest BCUT2D eigenvalue weighted by Crippen LogP contribution is 2.42. The van der Waals surface area contributed by atoms with Crippen LogP contribution in [0.4, 0.5) is 0 Å². The smallest absolute Gasteiger partial charge is 0.223 e. The van der Waals surface area contributed by atoms with Gasteiger partial charge in [-0.05, 0) is 43.4 Å². The second kappa shape index (κ2) is 10.3. The highest BCUT2D eigenvalue weighted by molar-refractivity contribution is 7.88. The predicted molar refractivity (Wildman–Crippen MR) is 134 cm³/mol. The van der Waals surface area contributed by atoms with E-state index < -0.39 is 10.0 Å². The van der Waals surface area contributed by atoms with Crippen molar-refractivity contribution >= 4 is 27.5 Å². The number of amides is 1. The molecule has 0 radical (unpaired) electrons. The van der Waals surface area contributed by atoms with Gasteiger partial charge in [-0.15, -0.1) is 0 Å². The molecule has 0 bridgehead atoms. The molecule has 4 rings (SSSR count). The fourth-order valence-corrected chi connectivity index (χ4v) is 6.90. The van der Waals surface area contributed by atoms with Crippen LogP contribution in [0.1, 0.15) is 63.1 Å². The van der Waals surface area contributed by atoms with Gasteiger partial charge in [0.2, 0.25) is 15.9 Å². The number of para-hydroxylation sites is 1. The number of carbonyl (C=O) groups is 1. The van der Waals surface area contributed by atoms with Gasteiger partial charge in [-0.1, -0.05) is 61.8 Å². The Morgan fingerprint density at radius 2 is 1.74 bits per heavy atom. The molecular formula is C26H33ClN2O4S. The van der Waals surface area contributed by atoms with Crippen molar-refractivity contribution in [2.24, 2.45) is 5.92 Å². The van der Waals surface area contributed by atoms with Gasteiger partial charge in [-0.25, -0.2) is 12.7 Å². The molecular weight excluding hydrogens is 472 g/mol. The molecule has 0 aromatic heterocycles. The van der Waals surface area contributed by atoms with Crippen LogP contribution < -0.4 is 10.1 Å². The third-order valence-electron chi connectivity index (χ3n) is 7.32. The van der Waals surface area contributed by atoms with Crippen LogP contribution in [0.15, 0.2) is 48.5 Å². The summed E-state index contributed by atoms with van der Waals surface area (Å²) in [5.41, 5.74) is 1.31. The molecule has 1 amide bonds. The predicted octanol–water partition coefficient (Wildman–Crippen LogP) is 5.08. The Balaban J connectivity index is 1.40. The van der Waals surface area contributed by atoms with Crippen molar-refractivity contribution in [1.29, 1.82) is 0 Å². The number of hydrogen-bond acceptors (Lipinski definition) is 4. The normalized spacial score (nSPS) is 20.9. The summed E-state index contributed by atoms with van der Waals surface area (Å²) < 4.78 is 33.7. The zero-order valence-corrected chi connectivity index (χ0v) is 21.4. The Morgan fingerprint density at radius 1 is 1.09 bits per heavy atom. The molecule has 0 spiro atoms. The van der Waals surface area contributed by atoms with Crippen LogP contribution in [-0.4, -0.2) is 37.3 Å². The highest BCUT2D eigenvalue weighted by Gasteiger charge is 2.40. The molecule has 2 aliphatic rings. The third-order valence-corrected chi connectivity index (χ3v) is 9.51. The van der Waals surface area contributed by atoms with Crippen LogP contribution in [0.3, 0.4) is 0 Å². The molecule has 2 aromatic carbocycles. The maximum atomic E-state index is 13.2. The van der Waals surface area contributed by atoms with Crippen LogP contribution in [0.5, 0.6) is 5.75 Å². The van der Waals surface area contributed by atoms with Crippen LogP contribution in [0.2, 0.25) is 5.02 Å². The Kier molecular flexibility index (Phi) is 7.55. The summed E-state index contributed by atoms with van der Waals surface area (Å²) in [7, 11) is -3.50. The van der Waals surface area contributed by atoms with E-state index in [1.165, 1.54) is 4.31 Å². The number of rotatable bonds is 7. The molecule has 2 aromatic rings. The average molecular weight is 505 g/mol. The highest BCUT2D eigenvalue weighted by atomic mass is 35.5. The summed E-state index contributed by atoms with van der Waals surface area (Å²) in [6.45, 7) is 4.91. The minimum absolute atomic E-state index is 0.00837. The molecule has 2 heterocycles. The number of hydrogen-bond donors (Lipinski definition) is 1. The summed E-state index contributed by atoms with van der Waals surface area (Å²) in [6.07, 6.45) is 3.47. The zero-order chi connectivity index (χ0) is 24.3. The molecule has 34 heavy (non-hydrogen) atoms. The molecule has 8 heteroatoms. The van der Waals surface area contributed by atoms with Crippen molar-refractivity contribution in [2.45, 2.75) is 63.3 Å². The van der Waals surface area contributed by atoms with E-state index in [9.17, 15) is 13.2 Å². The number of fused-ring (bicyclic) bond motifs is 1. The summed E-state index contributed by atoms with van der Waals surface area (Å²) in [5, 5.41) is 3.72. The van der Waals surface area contributed by atoms with E-state index >= 15 is 0 Å².